The van der Waals surface area contributed by atoms with Crippen molar-refractivity contribution in [2.75, 3.05) is 31.9 Å². The van der Waals surface area contributed by atoms with Crippen LogP contribution in [0.4, 0.5) is 0 Å². The zero-order valence-electron chi connectivity index (χ0n) is 9.77. The van der Waals surface area contributed by atoms with E-state index >= 15 is 0 Å². The van der Waals surface area contributed by atoms with Crippen molar-refractivity contribution >= 4 is 21.6 Å². The van der Waals surface area contributed by atoms with Crippen LogP contribution in [0.3, 0.4) is 0 Å². The van der Waals surface area contributed by atoms with Crippen molar-refractivity contribution in [3.63, 3.8) is 0 Å². The molecule has 1 saturated carbocycles. The van der Waals surface area contributed by atoms with Crippen molar-refractivity contribution in [1.82, 2.24) is 4.90 Å². The van der Waals surface area contributed by atoms with Crippen LogP contribution in [0, 0.1) is 0 Å². The molecule has 1 aliphatic carbocycles. The molecule has 0 heterocycles. The monoisotopic (exact) mass is 251 g/mol. The number of thioether (sulfide) groups is 1. The Morgan fingerprint density at radius 1 is 1.40 bits per heavy atom. The molecule has 0 spiro atoms. The molecule has 1 fully saturated rings. The van der Waals surface area contributed by atoms with E-state index in [1.807, 2.05) is 18.8 Å². The van der Waals surface area contributed by atoms with E-state index in [4.69, 9.17) is 0 Å². The Kier molecular flexibility index (Phi) is 4.93. The van der Waals surface area contributed by atoms with Gasteiger partial charge in [0.15, 0.2) is 0 Å². The third-order valence-corrected chi connectivity index (χ3v) is 5.18. The highest BCUT2D eigenvalue weighted by Crippen LogP contribution is 2.31. The molecule has 2 atom stereocenters. The predicted octanol–water partition coefficient (Wildman–Crippen LogP) is 1.25. The fourth-order valence-electron chi connectivity index (χ4n) is 2.16. The molecule has 0 saturated heterocycles. The maximum absolute atomic E-state index is 11.1. The molecule has 0 aromatic heterocycles. The van der Waals surface area contributed by atoms with Crippen LogP contribution < -0.4 is 0 Å². The molecule has 1 aliphatic rings. The Balaban J connectivity index is 2.42. The molecular weight excluding hydrogens is 230 g/mol. The third-order valence-electron chi connectivity index (χ3n) is 3.10. The van der Waals surface area contributed by atoms with Crippen LogP contribution in [0.15, 0.2) is 0 Å². The average molecular weight is 251 g/mol. The first kappa shape index (κ1) is 13.3. The summed E-state index contributed by atoms with van der Waals surface area (Å²) < 4.78 is 22.1. The Bertz CT molecular complexity index is 290. The van der Waals surface area contributed by atoms with Gasteiger partial charge < -0.3 is 4.90 Å². The second-order valence-electron chi connectivity index (χ2n) is 4.38. The maximum atomic E-state index is 11.1. The molecule has 0 amide bonds. The lowest BCUT2D eigenvalue weighted by Crippen LogP contribution is -2.38. The van der Waals surface area contributed by atoms with E-state index in [9.17, 15) is 8.42 Å². The van der Waals surface area contributed by atoms with E-state index in [0.29, 0.717) is 17.8 Å². The van der Waals surface area contributed by atoms with Crippen LogP contribution >= 0.6 is 11.8 Å². The van der Waals surface area contributed by atoms with Crippen LogP contribution in [0.1, 0.15) is 19.3 Å². The van der Waals surface area contributed by atoms with Gasteiger partial charge in [0.05, 0.1) is 5.75 Å². The van der Waals surface area contributed by atoms with Crippen LogP contribution in [0.5, 0.6) is 0 Å². The predicted molar refractivity (Wildman–Crippen MR) is 67.3 cm³/mol. The summed E-state index contributed by atoms with van der Waals surface area (Å²) in [6, 6.07) is 0.571. The fraction of sp³-hybridized carbons (Fsp3) is 1.00. The SMILES string of the molecule is CS[C@H]1CCC[C@H]1N(C)CCS(C)(=O)=O. The standard InChI is InChI=1S/C10H21NO2S2/c1-11(7-8-15(3,12)13)9-5-4-6-10(9)14-2/h9-10H,4-8H2,1-3H3/t9-,10+/m1/s1. The molecular formula is C10H21NO2S2. The van der Waals surface area contributed by atoms with Crippen molar-refractivity contribution in [3.05, 3.63) is 0 Å². The van der Waals surface area contributed by atoms with E-state index in [1.165, 1.54) is 25.5 Å². The molecule has 0 unspecified atom stereocenters. The molecule has 5 heteroatoms. The minimum atomic E-state index is -2.82. The van der Waals surface area contributed by atoms with E-state index in [0.717, 1.165) is 0 Å². The van der Waals surface area contributed by atoms with E-state index in [2.05, 4.69) is 11.2 Å². The van der Waals surface area contributed by atoms with Gasteiger partial charge in [-0.15, -0.1) is 0 Å². The Labute approximate surface area is 97.5 Å². The zero-order chi connectivity index (χ0) is 11.5. The maximum Gasteiger partial charge on any atom is 0.148 e. The Morgan fingerprint density at radius 3 is 2.60 bits per heavy atom. The van der Waals surface area contributed by atoms with E-state index < -0.39 is 9.84 Å². The smallest absolute Gasteiger partial charge is 0.148 e. The number of hydrogen-bond acceptors (Lipinski definition) is 4. The molecule has 0 radical (unpaired) electrons. The molecule has 0 N–H and O–H groups in total. The summed E-state index contributed by atoms with van der Waals surface area (Å²) in [5.41, 5.74) is 0. The van der Waals surface area contributed by atoms with E-state index in [1.54, 1.807) is 0 Å². The van der Waals surface area contributed by atoms with Crippen molar-refractivity contribution < 1.29 is 8.42 Å². The van der Waals surface area contributed by atoms with Gasteiger partial charge in [-0.1, -0.05) is 6.42 Å². The van der Waals surface area contributed by atoms with E-state index in [-0.39, 0.29) is 5.75 Å². The van der Waals surface area contributed by atoms with Gasteiger partial charge in [-0.2, -0.15) is 11.8 Å². The highest BCUT2D eigenvalue weighted by atomic mass is 32.2. The van der Waals surface area contributed by atoms with Crippen LogP contribution in [-0.2, 0) is 9.84 Å². The van der Waals surface area contributed by atoms with Gasteiger partial charge in [-0.3, -0.25) is 0 Å². The van der Waals surface area contributed by atoms with Gasteiger partial charge in [0.2, 0.25) is 0 Å². The Hall–Kier alpha value is 0.260. The summed E-state index contributed by atoms with van der Waals surface area (Å²) in [6.45, 7) is 0.667. The minimum absolute atomic E-state index is 0.279. The summed E-state index contributed by atoms with van der Waals surface area (Å²) in [4.78, 5) is 2.22. The van der Waals surface area contributed by atoms with Gasteiger partial charge in [0.25, 0.3) is 0 Å². The summed E-state index contributed by atoms with van der Waals surface area (Å²) in [5.74, 6) is 0.279. The molecule has 15 heavy (non-hydrogen) atoms. The lowest BCUT2D eigenvalue weighted by molar-refractivity contribution is 0.264. The molecule has 0 bridgehead atoms. The molecule has 0 aromatic carbocycles. The molecule has 90 valence electrons. The lowest BCUT2D eigenvalue weighted by atomic mass is 10.2. The van der Waals surface area contributed by atoms with Gasteiger partial charge in [0.1, 0.15) is 9.84 Å². The zero-order valence-corrected chi connectivity index (χ0v) is 11.4. The summed E-state index contributed by atoms with van der Waals surface area (Å²) >= 11 is 1.91. The second-order valence-corrected chi connectivity index (χ2v) is 7.72. The van der Waals surface area contributed by atoms with Crippen molar-refractivity contribution in [2.45, 2.75) is 30.6 Å². The number of rotatable bonds is 5. The van der Waals surface area contributed by atoms with Crippen molar-refractivity contribution in [3.8, 4) is 0 Å². The fourth-order valence-corrected chi connectivity index (χ4v) is 3.84. The quantitative estimate of drug-likeness (QED) is 0.737. The lowest BCUT2D eigenvalue weighted by Gasteiger charge is -2.28. The molecule has 0 aromatic rings. The number of hydrogen-bond donors (Lipinski definition) is 0. The first-order valence-corrected chi connectivity index (χ1v) is 8.69. The molecule has 0 aliphatic heterocycles. The van der Waals surface area contributed by atoms with Crippen molar-refractivity contribution in [2.24, 2.45) is 0 Å². The first-order chi connectivity index (χ1) is 6.94. The largest absolute Gasteiger partial charge is 0.301 e. The van der Waals surface area contributed by atoms with Gasteiger partial charge >= 0.3 is 0 Å². The van der Waals surface area contributed by atoms with Crippen molar-refractivity contribution in [1.29, 1.82) is 0 Å². The van der Waals surface area contributed by atoms with Gasteiger partial charge in [0, 0.05) is 24.1 Å². The summed E-state index contributed by atoms with van der Waals surface area (Å²) in [6.07, 6.45) is 7.22. The first-order valence-electron chi connectivity index (χ1n) is 5.35. The highest BCUT2D eigenvalue weighted by Gasteiger charge is 2.29. The minimum Gasteiger partial charge on any atom is -0.301 e. The molecule has 1 rings (SSSR count). The molecule has 3 nitrogen and oxygen atoms in total. The second kappa shape index (κ2) is 5.55. The van der Waals surface area contributed by atoms with Crippen LogP contribution in [0.25, 0.3) is 0 Å². The summed E-state index contributed by atoms with van der Waals surface area (Å²) in [5, 5.41) is 0.689. The number of sulfone groups is 1. The van der Waals surface area contributed by atoms with Gasteiger partial charge in [-0.05, 0) is 26.1 Å². The third kappa shape index (κ3) is 4.33. The van der Waals surface area contributed by atoms with Crippen LogP contribution in [-0.4, -0.2) is 56.5 Å². The normalized spacial score (nSPS) is 27.5. The topological polar surface area (TPSA) is 37.4 Å². The van der Waals surface area contributed by atoms with Crippen LogP contribution in [0.2, 0.25) is 0 Å². The average Bonchev–Trinajstić information content (AvgIpc) is 2.60. The van der Waals surface area contributed by atoms with Gasteiger partial charge in [-0.25, -0.2) is 8.42 Å². The summed E-state index contributed by atoms with van der Waals surface area (Å²) in [7, 11) is -0.775. The Morgan fingerprint density at radius 2 is 2.07 bits per heavy atom. The highest BCUT2D eigenvalue weighted by molar-refractivity contribution is 7.99. The number of nitrogens with zero attached hydrogens (tertiary/aromatic N) is 1.